The van der Waals surface area contributed by atoms with Crippen LogP contribution in [0, 0.1) is 5.82 Å². The van der Waals surface area contributed by atoms with Crippen LogP contribution < -0.4 is 5.32 Å². The monoisotopic (exact) mass is 202 g/mol. The lowest BCUT2D eigenvalue weighted by Crippen LogP contribution is -2.22. The van der Waals surface area contributed by atoms with Crippen molar-refractivity contribution in [1.82, 2.24) is 10.3 Å². The zero-order chi connectivity index (χ0) is 9.84. The molecule has 0 aliphatic heterocycles. The third-order valence-electron chi connectivity index (χ3n) is 1.40. The third kappa shape index (κ3) is 2.39. The molecule has 0 aromatic carbocycles. The average Bonchev–Trinajstić information content (AvgIpc) is 2.10. The van der Waals surface area contributed by atoms with Crippen LogP contribution in [0.25, 0.3) is 0 Å². The largest absolute Gasteiger partial charge is 0.352 e. The summed E-state index contributed by atoms with van der Waals surface area (Å²) in [6, 6.07) is 1.06. The Balaban J connectivity index is 2.90. The Bertz CT molecular complexity index is 330. The average molecular weight is 203 g/mol. The highest BCUT2D eigenvalue weighted by molar-refractivity contribution is 6.29. The summed E-state index contributed by atoms with van der Waals surface area (Å²) in [7, 11) is 0. The van der Waals surface area contributed by atoms with Crippen LogP contribution in [0.4, 0.5) is 4.39 Å². The van der Waals surface area contributed by atoms with E-state index in [0.717, 1.165) is 6.07 Å². The number of pyridine rings is 1. The van der Waals surface area contributed by atoms with Gasteiger partial charge in [-0.25, -0.2) is 9.37 Å². The number of aromatic nitrogens is 1. The minimum absolute atomic E-state index is 0.170. The highest BCUT2D eigenvalue weighted by Gasteiger charge is 2.08. The molecule has 1 N–H and O–H groups in total. The van der Waals surface area contributed by atoms with Crippen molar-refractivity contribution in [2.24, 2.45) is 0 Å². The number of carbonyl (C=O) groups is 1. The van der Waals surface area contributed by atoms with E-state index in [9.17, 15) is 9.18 Å². The number of hydrogen-bond donors (Lipinski definition) is 1. The smallest absolute Gasteiger partial charge is 0.252 e. The van der Waals surface area contributed by atoms with E-state index in [0.29, 0.717) is 6.54 Å². The fourth-order valence-corrected chi connectivity index (χ4v) is 0.911. The predicted octanol–water partition coefficient (Wildman–Crippen LogP) is 1.62. The van der Waals surface area contributed by atoms with Gasteiger partial charge in [0.05, 0.1) is 5.56 Å². The molecular weight excluding hydrogens is 195 g/mol. The number of carbonyl (C=O) groups excluding carboxylic acids is 1. The molecule has 0 aliphatic carbocycles. The minimum Gasteiger partial charge on any atom is -0.352 e. The molecule has 0 radical (unpaired) electrons. The van der Waals surface area contributed by atoms with Crippen LogP contribution in [0.3, 0.4) is 0 Å². The molecule has 0 bridgehead atoms. The van der Waals surface area contributed by atoms with Crippen LogP contribution >= 0.6 is 11.6 Å². The molecular formula is C8H8ClFN2O. The van der Waals surface area contributed by atoms with Crippen molar-refractivity contribution in [2.75, 3.05) is 6.54 Å². The Labute approximate surface area is 79.9 Å². The Morgan fingerprint density at radius 1 is 1.77 bits per heavy atom. The fourth-order valence-electron chi connectivity index (χ4n) is 0.808. The van der Waals surface area contributed by atoms with Gasteiger partial charge in [-0.3, -0.25) is 4.79 Å². The fraction of sp³-hybridized carbons (Fsp3) is 0.250. The molecule has 1 heterocycles. The first-order valence-electron chi connectivity index (χ1n) is 3.74. The maximum absolute atomic E-state index is 12.8. The van der Waals surface area contributed by atoms with Crippen molar-refractivity contribution in [1.29, 1.82) is 0 Å². The lowest BCUT2D eigenvalue weighted by molar-refractivity contribution is 0.0955. The van der Waals surface area contributed by atoms with E-state index >= 15 is 0 Å². The lowest BCUT2D eigenvalue weighted by atomic mass is 10.2. The molecule has 0 unspecified atom stereocenters. The Morgan fingerprint density at radius 3 is 3.00 bits per heavy atom. The lowest BCUT2D eigenvalue weighted by Gasteiger charge is -2.01. The van der Waals surface area contributed by atoms with Crippen molar-refractivity contribution < 1.29 is 9.18 Å². The first kappa shape index (κ1) is 9.92. The Morgan fingerprint density at radius 2 is 2.46 bits per heavy atom. The highest BCUT2D eigenvalue weighted by Crippen LogP contribution is 2.11. The van der Waals surface area contributed by atoms with Gasteiger partial charge in [-0.1, -0.05) is 11.6 Å². The van der Waals surface area contributed by atoms with Gasteiger partial charge in [-0.15, -0.1) is 0 Å². The second-order valence-electron chi connectivity index (χ2n) is 2.36. The molecule has 0 aliphatic rings. The van der Waals surface area contributed by atoms with Crippen LogP contribution in [0.15, 0.2) is 12.3 Å². The van der Waals surface area contributed by atoms with Crippen LogP contribution in [-0.2, 0) is 0 Å². The summed E-state index contributed by atoms with van der Waals surface area (Å²) in [5.74, 6) is -1.05. The van der Waals surface area contributed by atoms with Crippen LogP contribution in [-0.4, -0.2) is 17.4 Å². The summed E-state index contributed by atoms with van der Waals surface area (Å²) < 4.78 is 12.8. The molecule has 5 heteroatoms. The van der Waals surface area contributed by atoms with Crippen molar-refractivity contribution in [3.8, 4) is 0 Å². The van der Waals surface area contributed by atoms with Gasteiger partial charge >= 0.3 is 0 Å². The van der Waals surface area contributed by atoms with Crippen LogP contribution in [0.2, 0.25) is 5.15 Å². The first-order chi connectivity index (χ1) is 6.15. The molecule has 1 amide bonds. The second-order valence-corrected chi connectivity index (χ2v) is 2.71. The number of hydrogen-bond acceptors (Lipinski definition) is 2. The van der Waals surface area contributed by atoms with E-state index in [1.165, 1.54) is 6.20 Å². The van der Waals surface area contributed by atoms with E-state index in [-0.39, 0.29) is 16.6 Å². The summed E-state index contributed by atoms with van der Waals surface area (Å²) in [6.07, 6.45) is 1.23. The molecule has 1 aromatic heterocycles. The third-order valence-corrected chi connectivity index (χ3v) is 1.67. The molecule has 70 valence electrons. The Hall–Kier alpha value is -1.16. The van der Waals surface area contributed by atoms with E-state index in [1.54, 1.807) is 6.92 Å². The Kier molecular flexibility index (Phi) is 3.19. The molecule has 0 saturated carbocycles. The first-order valence-corrected chi connectivity index (χ1v) is 4.12. The second kappa shape index (κ2) is 4.18. The summed E-state index contributed by atoms with van der Waals surface area (Å²) in [5.41, 5.74) is 0.170. The van der Waals surface area contributed by atoms with Gasteiger partial charge in [-0.2, -0.15) is 0 Å². The van der Waals surface area contributed by atoms with Gasteiger partial charge in [0.15, 0.2) is 11.0 Å². The molecule has 0 fully saturated rings. The van der Waals surface area contributed by atoms with Gasteiger partial charge < -0.3 is 5.32 Å². The summed E-state index contributed by atoms with van der Waals surface area (Å²) >= 11 is 5.34. The summed E-state index contributed by atoms with van der Waals surface area (Å²) in [4.78, 5) is 14.7. The van der Waals surface area contributed by atoms with Crippen molar-refractivity contribution >= 4 is 17.5 Å². The normalized spacial score (nSPS) is 9.77. The number of amides is 1. The van der Waals surface area contributed by atoms with E-state index < -0.39 is 5.82 Å². The highest BCUT2D eigenvalue weighted by atomic mass is 35.5. The molecule has 13 heavy (non-hydrogen) atoms. The molecule has 0 saturated heterocycles. The molecule has 1 aromatic rings. The SMILES string of the molecule is CCNC(=O)c1cnc(Cl)c(F)c1. The number of rotatable bonds is 2. The summed E-state index contributed by atoms with van der Waals surface area (Å²) in [6.45, 7) is 2.26. The van der Waals surface area contributed by atoms with Crippen molar-refractivity contribution in [3.63, 3.8) is 0 Å². The van der Waals surface area contributed by atoms with E-state index in [4.69, 9.17) is 11.6 Å². The topological polar surface area (TPSA) is 42.0 Å². The molecule has 0 atom stereocenters. The predicted molar refractivity (Wildman–Crippen MR) is 47.2 cm³/mol. The number of nitrogens with one attached hydrogen (secondary N) is 1. The number of nitrogens with zero attached hydrogens (tertiary/aromatic N) is 1. The maximum atomic E-state index is 12.8. The van der Waals surface area contributed by atoms with Gasteiger partial charge in [-0.05, 0) is 13.0 Å². The number of halogens is 2. The van der Waals surface area contributed by atoms with Crippen molar-refractivity contribution in [3.05, 3.63) is 28.8 Å². The quantitative estimate of drug-likeness (QED) is 0.741. The van der Waals surface area contributed by atoms with Gasteiger partial charge in [0.2, 0.25) is 0 Å². The molecule has 0 spiro atoms. The zero-order valence-corrected chi connectivity index (χ0v) is 7.73. The van der Waals surface area contributed by atoms with E-state index in [1.807, 2.05) is 0 Å². The molecule has 3 nitrogen and oxygen atoms in total. The van der Waals surface area contributed by atoms with Gasteiger partial charge in [0.25, 0.3) is 5.91 Å². The summed E-state index contributed by atoms with van der Waals surface area (Å²) in [5, 5.41) is 2.29. The zero-order valence-electron chi connectivity index (χ0n) is 6.97. The van der Waals surface area contributed by atoms with Gasteiger partial charge in [0.1, 0.15) is 0 Å². The van der Waals surface area contributed by atoms with Crippen LogP contribution in [0.1, 0.15) is 17.3 Å². The standard InChI is InChI=1S/C8H8ClFN2O/c1-2-11-8(13)5-3-6(10)7(9)12-4-5/h3-4H,2H2,1H3,(H,11,13). The molecule has 1 rings (SSSR count). The van der Waals surface area contributed by atoms with Gasteiger partial charge in [0, 0.05) is 12.7 Å². The van der Waals surface area contributed by atoms with E-state index in [2.05, 4.69) is 10.3 Å². The minimum atomic E-state index is -0.689. The maximum Gasteiger partial charge on any atom is 0.252 e. The van der Waals surface area contributed by atoms with Crippen LogP contribution in [0.5, 0.6) is 0 Å². The van der Waals surface area contributed by atoms with Crippen molar-refractivity contribution in [2.45, 2.75) is 6.92 Å².